The van der Waals surface area contributed by atoms with Gasteiger partial charge in [0, 0.05) is 39.3 Å². The minimum Gasteiger partial charge on any atom is -0.381 e. The number of rotatable bonds is 8. The number of nitrogens with zero attached hydrogens (tertiary/aromatic N) is 3. The number of piperidine rings is 1. The van der Waals surface area contributed by atoms with Crippen LogP contribution in [0.1, 0.15) is 75.4 Å². The van der Waals surface area contributed by atoms with Crippen LogP contribution in [0.3, 0.4) is 0 Å². The molecule has 4 rings (SSSR count). The molecule has 0 spiro atoms. The maximum Gasteiger partial charge on any atom is 0.231 e. The van der Waals surface area contributed by atoms with Gasteiger partial charge in [-0.25, -0.2) is 0 Å². The molecule has 158 valence electrons. The van der Waals surface area contributed by atoms with E-state index in [2.05, 4.69) is 10.1 Å². The second kappa shape index (κ2) is 10.7. The molecule has 3 heterocycles. The van der Waals surface area contributed by atoms with Crippen molar-refractivity contribution in [3.63, 3.8) is 0 Å². The molecule has 2 saturated heterocycles. The number of aromatic nitrogens is 2. The quantitative estimate of drug-likeness (QED) is 0.628. The van der Waals surface area contributed by atoms with Crippen LogP contribution in [0.5, 0.6) is 0 Å². The molecule has 0 aromatic carbocycles. The molecular formula is C22H37N3O3. The Bertz CT molecular complexity index is 567. The van der Waals surface area contributed by atoms with Crippen molar-refractivity contribution in [2.75, 3.05) is 46.1 Å². The Balaban J connectivity index is 1.18. The van der Waals surface area contributed by atoms with Crippen LogP contribution in [0.4, 0.5) is 0 Å². The normalized spacial score (nSPS) is 25.9. The lowest BCUT2D eigenvalue weighted by atomic mass is 9.88. The zero-order chi connectivity index (χ0) is 19.0. The van der Waals surface area contributed by atoms with Crippen LogP contribution in [0, 0.1) is 11.8 Å². The van der Waals surface area contributed by atoms with Crippen molar-refractivity contribution < 1.29 is 14.0 Å². The molecule has 0 N–H and O–H groups in total. The van der Waals surface area contributed by atoms with Gasteiger partial charge in [-0.3, -0.25) is 0 Å². The van der Waals surface area contributed by atoms with Crippen molar-refractivity contribution in [3.8, 4) is 0 Å². The Hall–Kier alpha value is -0.980. The fourth-order valence-electron chi connectivity index (χ4n) is 5.02. The SMILES string of the molecule is C1CCC(CN2CCCC(c3nc(CCOCC4CCOCC4)no3)C2)CC1. The Kier molecular flexibility index (Phi) is 7.76. The van der Waals surface area contributed by atoms with E-state index < -0.39 is 0 Å². The monoisotopic (exact) mass is 391 g/mol. The van der Waals surface area contributed by atoms with Crippen molar-refractivity contribution in [2.45, 2.75) is 70.1 Å². The van der Waals surface area contributed by atoms with Gasteiger partial charge >= 0.3 is 0 Å². The summed E-state index contributed by atoms with van der Waals surface area (Å²) >= 11 is 0. The van der Waals surface area contributed by atoms with E-state index >= 15 is 0 Å². The van der Waals surface area contributed by atoms with Gasteiger partial charge < -0.3 is 18.9 Å². The molecule has 1 aliphatic carbocycles. The predicted molar refractivity (Wildman–Crippen MR) is 107 cm³/mol. The second-order valence-electron chi connectivity index (χ2n) is 9.03. The van der Waals surface area contributed by atoms with E-state index in [1.54, 1.807) is 0 Å². The standard InChI is InChI=1S/C22H37N3O3/c1-2-5-18(6-3-1)15-25-11-4-7-20(16-25)22-23-21(24-28-22)10-14-27-17-19-8-12-26-13-9-19/h18-20H,1-17H2. The number of hydrogen-bond donors (Lipinski definition) is 0. The maximum absolute atomic E-state index is 5.85. The van der Waals surface area contributed by atoms with E-state index in [1.807, 2.05) is 0 Å². The van der Waals surface area contributed by atoms with Gasteiger partial charge in [0.15, 0.2) is 5.82 Å². The van der Waals surface area contributed by atoms with Crippen LogP contribution in [-0.4, -0.2) is 61.1 Å². The van der Waals surface area contributed by atoms with Gasteiger partial charge in [-0.1, -0.05) is 24.4 Å². The molecule has 1 atom stereocenters. The zero-order valence-electron chi connectivity index (χ0n) is 17.3. The molecule has 1 unspecified atom stereocenters. The largest absolute Gasteiger partial charge is 0.381 e. The summed E-state index contributed by atoms with van der Waals surface area (Å²) in [6, 6.07) is 0. The van der Waals surface area contributed by atoms with Gasteiger partial charge in [0.2, 0.25) is 5.89 Å². The van der Waals surface area contributed by atoms with Crippen LogP contribution in [0.25, 0.3) is 0 Å². The molecular weight excluding hydrogens is 354 g/mol. The first-order chi connectivity index (χ1) is 13.9. The molecule has 0 amide bonds. The van der Waals surface area contributed by atoms with Gasteiger partial charge in [0.05, 0.1) is 12.5 Å². The minimum atomic E-state index is 0.404. The van der Waals surface area contributed by atoms with Crippen molar-refractivity contribution in [1.82, 2.24) is 15.0 Å². The minimum absolute atomic E-state index is 0.404. The summed E-state index contributed by atoms with van der Waals surface area (Å²) in [6.07, 6.45) is 12.5. The van der Waals surface area contributed by atoms with E-state index in [4.69, 9.17) is 19.0 Å². The van der Waals surface area contributed by atoms with Crippen LogP contribution in [0.2, 0.25) is 0 Å². The van der Waals surface area contributed by atoms with Crippen LogP contribution < -0.4 is 0 Å². The molecule has 3 aliphatic rings. The lowest BCUT2D eigenvalue weighted by Crippen LogP contribution is -2.38. The summed E-state index contributed by atoms with van der Waals surface area (Å²) in [6.45, 7) is 6.83. The summed E-state index contributed by atoms with van der Waals surface area (Å²) in [7, 11) is 0. The molecule has 1 aromatic rings. The zero-order valence-corrected chi connectivity index (χ0v) is 17.3. The highest BCUT2D eigenvalue weighted by Gasteiger charge is 2.27. The third-order valence-electron chi connectivity index (χ3n) is 6.74. The highest BCUT2D eigenvalue weighted by atomic mass is 16.5. The smallest absolute Gasteiger partial charge is 0.231 e. The summed E-state index contributed by atoms with van der Waals surface area (Å²) in [4.78, 5) is 7.34. The van der Waals surface area contributed by atoms with Gasteiger partial charge in [-0.05, 0) is 56.9 Å². The van der Waals surface area contributed by atoms with E-state index in [1.165, 1.54) is 58.0 Å². The fourth-order valence-corrected chi connectivity index (χ4v) is 5.02. The molecule has 1 aromatic heterocycles. The Morgan fingerprint density at radius 1 is 0.964 bits per heavy atom. The molecule has 2 aliphatic heterocycles. The average Bonchev–Trinajstić information content (AvgIpc) is 3.22. The first-order valence-electron chi connectivity index (χ1n) is 11.6. The molecule has 0 bridgehead atoms. The number of hydrogen-bond acceptors (Lipinski definition) is 6. The van der Waals surface area contributed by atoms with Gasteiger partial charge in [0.1, 0.15) is 0 Å². The molecule has 3 fully saturated rings. The van der Waals surface area contributed by atoms with E-state index in [-0.39, 0.29) is 0 Å². The highest BCUT2D eigenvalue weighted by molar-refractivity contribution is 4.97. The lowest BCUT2D eigenvalue weighted by molar-refractivity contribution is 0.0211. The summed E-state index contributed by atoms with van der Waals surface area (Å²) in [5.41, 5.74) is 0. The summed E-state index contributed by atoms with van der Waals surface area (Å²) < 4.78 is 16.9. The van der Waals surface area contributed by atoms with E-state index in [0.717, 1.165) is 63.3 Å². The number of likely N-dealkylation sites (tertiary alicyclic amines) is 1. The third kappa shape index (κ3) is 6.01. The Morgan fingerprint density at radius 3 is 2.68 bits per heavy atom. The van der Waals surface area contributed by atoms with Crippen molar-refractivity contribution in [2.24, 2.45) is 11.8 Å². The molecule has 28 heavy (non-hydrogen) atoms. The van der Waals surface area contributed by atoms with E-state index in [9.17, 15) is 0 Å². The summed E-state index contributed by atoms with van der Waals surface area (Å²) in [5, 5.41) is 4.21. The first-order valence-corrected chi connectivity index (χ1v) is 11.6. The van der Waals surface area contributed by atoms with Crippen molar-refractivity contribution >= 4 is 0 Å². The van der Waals surface area contributed by atoms with Gasteiger partial charge in [0.25, 0.3) is 0 Å². The first kappa shape index (κ1) is 20.3. The third-order valence-corrected chi connectivity index (χ3v) is 6.74. The van der Waals surface area contributed by atoms with Crippen LogP contribution in [-0.2, 0) is 15.9 Å². The van der Waals surface area contributed by atoms with Gasteiger partial charge in [-0.15, -0.1) is 0 Å². The molecule has 6 nitrogen and oxygen atoms in total. The van der Waals surface area contributed by atoms with Gasteiger partial charge in [-0.2, -0.15) is 4.98 Å². The topological polar surface area (TPSA) is 60.6 Å². The van der Waals surface area contributed by atoms with Crippen molar-refractivity contribution in [1.29, 1.82) is 0 Å². The Labute approximate surface area is 169 Å². The lowest BCUT2D eigenvalue weighted by Gasteiger charge is -2.34. The van der Waals surface area contributed by atoms with Crippen LogP contribution >= 0.6 is 0 Å². The Morgan fingerprint density at radius 2 is 1.82 bits per heavy atom. The predicted octanol–water partition coefficient (Wildman–Crippen LogP) is 3.82. The molecule has 6 heteroatoms. The highest BCUT2D eigenvalue weighted by Crippen LogP contribution is 2.29. The van der Waals surface area contributed by atoms with E-state index in [0.29, 0.717) is 18.4 Å². The maximum atomic E-state index is 5.85. The second-order valence-corrected chi connectivity index (χ2v) is 9.03. The molecule has 0 radical (unpaired) electrons. The summed E-state index contributed by atoms with van der Waals surface area (Å²) in [5.74, 6) is 3.59. The fraction of sp³-hybridized carbons (Fsp3) is 0.909. The van der Waals surface area contributed by atoms with Crippen LogP contribution in [0.15, 0.2) is 4.52 Å². The van der Waals surface area contributed by atoms with Crippen molar-refractivity contribution in [3.05, 3.63) is 11.7 Å². The number of ether oxygens (including phenoxy) is 2. The average molecular weight is 392 g/mol. The molecule has 1 saturated carbocycles.